The molecule has 0 amide bonds. The maximum Gasteiger partial charge on any atom is 0.142 e. The third-order valence-corrected chi connectivity index (χ3v) is 3.88. The number of benzene rings is 2. The van der Waals surface area contributed by atoms with Crippen molar-refractivity contribution in [2.75, 3.05) is 25.1 Å². The van der Waals surface area contributed by atoms with Crippen LogP contribution in [0.5, 0.6) is 5.75 Å². The van der Waals surface area contributed by atoms with Crippen LogP contribution in [0.4, 0.5) is 11.4 Å². The Morgan fingerprint density at radius 1 is 1.19 bits per heavy atom. The number of para-hydroxylation sites is 2. The van der Waals surface area contributed by atoms with Crippen LogP contribution in [0, 0.1) is 0 Å². The zero-order chi connectivity index (χ0) is 14.7. The lowest BCUT2D eigenvalue weighted by molar-refractivity contribution is 0.322. The molecule has 110 valence electrons. The first-order valence-corrected chi connectivity index (χ1v) is 7.60. The van der Waals surface area contributed by atoms with E-state index in [1.165, 1.54) is 5.56 Å². The molecule has 0 saturated heterocycles. The number of rotatable bonds is 3. The quantitative estimate of drug-likeness (QED) is 0.928. The summed E-state index contributed by atoms with van der Waals surface area (Å²) >= 11 is 6.23. The standard InChI is InChI=1S/C17H19ClN2O/c1-19-12-13-7-8-14(18)11-16(13)20-9-4-10-21-17-6-3-2-5-15(17)20/h2-3,5-8,11,19H,4,9-10,12H2,1H3. The smallest absolute Gasteiger partial charge is 0.142 e. The SMILES string of the molecule is CNCc1ccc(Cl)cc1N1CCCOc2ccccc21. The molecule has 0 saturated carbocycles. The Kier molecular flexibility index (Phi) is 4.32. The molecule has 0 atom stereocenters. The van der Waals surface area contributed by atoms with Crippen molar-refractivity contribution < 1.29 is 4.74 Å². The van der Waals surface area contributed by atoms with Gasteiger partial charge in [-0.3, -0.25) is 0 Å². The van der Waals surface area contributed by atoms with Gasteiger partial charge in [-0.2, -0.15) is 0 Å². The Balaban J connectivity index is 2.09. The highest BCUT2D eigenvalue weighted by atomic mass is 35.5. The Morgan fingerprint density at radius 2 is 2.05 bits per heavy atom. The van der Waals surface area contributed by atoms with Gasteiger partial charge in [0.15, 0.2) is 0 Å². The average molecular weight is 303 g/mol. The van der Waals surface area contributed by atoms with Gasteiger partial charge in [0.1, 0.15) is 5.75 Å². The van der Waals surface area contributed by atoms with E-state index in [9.17, 15) is 0 Å². The summed E-state index contributed by atoms with van der Waals surface area (Å²) in [5.41, 5.74) is 3.49. The number of hydrogen-bond donors (Lipinski definition) is 1. The number of ether oxygens (including phenoxy) is 1. The van der Waals surface area contributed by atoms with Crippen molar-refractivity contribution in [1.29, 1.82) is 0 Å². The Hall–Kier alpha value is -1.71. The van der Waals surface area contributed by atoms with E-state index in [2.05, 4.69) is 22.3 Å². The van der Waals surface area contributed by atoms with E-state index in [1.54, 1.807) is 0 Å². The van der Waals surface area contributed by atoms with Gasteiger partial charge in [0, 0.05) is 23.8 Å². The Morgan fingerprint density at radius 3 is 2.90 bits per heavy atom. The van der Waals surface area contributed by atoms with Crippen molar-refractivity contribution in [2.24, 2.45) is 0 Å². The highest BCUT2D eigenvalue weighted by molar-refractivity contribution is 6.30. The Labute approximate surface area is 130 Å². The third-order valence-electron chi connectivity index (χ3n) is 3.65. The first-order chi connectivity index (χ1) is 10.3. The molecule has 0 radical (unpaired) electrons. The molecule has 21 heavy (non-hydrogen) atoms. The lowest BCUT2D eigenvalue weighted by Gasteiger charge is -2.26. The molecule has 3 rings (SSSR count). The summed E-state index contributed by atoms with van der Waals surface area (Å²) in [6.07, 6.45) is 0.986. The fourth-order valence-electron chi connectivity index (χ4n) is 2.71. The van der Waals surface area contributed by atoms with E-state index in [0.29, 0.717) is 0 Å². The van der Waals surface area contributed by atoms with Gasteiger partial charge in [-0.05, 0) is 43.3 Å². The van der Waals surface area contributed by atoms with Crippen molar-refractivity contribution in [3.8, 4) is 5.75 Å². The van der Waals surface area contributed by atoms with Crippen molar-refractivity contribution in [3.05, 3.63) is 53.1 Å². The van der Waals surface area contributed by atoms with Gasteiger partial charge < -0.3 is 15.0 Å². The normalized spacial score (nSPS) is 14.3. The van der Waals surface area contributed by atoms with E-state index >= 15 is 0 Å². The molecule has 0 aliphatic carbocycles. The first-order valence-electron chi connectivity index (χ1n) is 7.22. The second kappa shape index (κ2) is 6.37. The van der Waals surface area contributed by atoms with Crippen LogP contribution in [-0.2, 0) is 6.54 Å². The van der Waals surface area contributed by atoms with Crippen LogP contribution in [0.1, 0.15) is 12.0 Å². The van der Waals surface area contributed by atoms with Gasteiger partial charge in [0.2, 0.25) is 0 Å². The van der Waals surface area contributed by atoms with E-state index in [0.717, 1.165) is 48.3 Å². The molecule has 0 fully saturated rings. The lowest BCUT2D eigenvalue weighted by atomic mass is 10.1. The molecule has 1 aliphatic rings. The summed E-state index contributed by atoms with van der Waals surface area (Å²) in [7, 11) is 1.96. The molecule has 0 aromatic heterocycles. The zero-order valence-corrected chi connectivity index (χ0v) is 12.9. The van der Waals surface area contributed by atoms with E-state index in [1.807, 2.05) is 37.4 Å². The minimum atomic E-state index is 0.745. The number of nitrogens with zero attached hydrogens (tertiary/aromatic N) is 1. The highest BCUT2D eigenvalue weighted by Gasteiger charge is 2.19. The van der Waals surface area contributed by atoms with Crippen LogP contribution in [0.2, 0.25) is 5.02 Å². The van der Waals surface area contributed by atoms with E-state index < -0.39 is 0 Å². The lowest BCUT2D eigenvalue weighted by Crippen LogP contribution is -2.20. The molecule has 4 heteroatoms. The van der Waals surface area contributed by atoms with Gasteiger partial charge in [-0.1, -0.05) is 29.8 Å². The molecule has 2 aromatic rings. The summed E-state index contributed by atoms with van der Waals surface area (Å²) in [4.78, 5) is 2.31. The molecule has 0 unspecified atom stereocenters. The molecule has 1 aliphatic heterocycles. The minimum Gasteiger partial charge on any atom is -0.491 e. The summed E-state index contributed by atoms with van der Waals surface area (Å²) in [6.45, 7) is 2.48. The van der Waals surface area contributed by atoms with Crippen molar-refractivity contribution >= 4 is 23.0 Å². The molecule has 0 spiro atoms. The van der Waals surface area contributed by atoms with Crippen LogP contribution >= 0.6 is 11.6 Å². The molecular formula is C17H19ClN2O. The summed E-state index contributed by atoms with van der Waals surface area (Å²) in [5, 5.41) is 3.98. The zero-order valence-electron chi connectivity index (χ0n) is 12.1. The molecule has 0 bridgehead atoms. The number of fused-ring (bicyclic) bond motifs is 1. The van der Waals surface area contributed by atoms with Gasteiger partial charge in [0.25, 0.3) is 0 Å². The first kappa shape index (κ1) is 14.2. The number of anilines is 2. The summed E-state index contributed by atoms with van der Waals surface area (Å²) in [6, 6.07) is 14.2. The predicted molar refractivity (Wildman–Crippen MR) is 87.8 cm³/mol. The number of nitrogens with one attached hydrogen (secondary N) is 1. The summed E-state index contributed by atoms with van der Waals surface area (Å²) < 4.78 is 5.84. The second-order valence-corrected chi connectivity index (χ2v) is 5.56. The molecular weight excluding hydrogens is 284 g/mol. The Bertz CT molecular complexity index is 630. The van der Waals surface area contributed by atoms with E-state index in [-0.39, 0.29) is 0 Å². The average Bonchev–Trinajstić information content (AvgIpc) is 2.72. The van der Waals surface area contributed by atoms with Gasteiger partial charge in [-0.15, -0.1) is 0 Å². The van der Waals surface area contributed by atoms with Crippen LogP contribution in [0.25, 0.3) is 0 Å². The minimum absolute atomic E-state index is 0.745. The maximum atomic E-state index is 6.23. The second-order valence-electron chi connectivity index (χ2n) is 5.12. The fraction of sp³-hybridized carbons (Fsp3) is 0.294. The van der Waals surface area contributed by atoms with Gasteiger partial charge in [0.05, 0.1) is 12.3 Å². The molecule has 2 aromatic carbocycles. The highest BCUT2D eigenvalue weighted by Crippen LogP contribution is 2.38. The van der Waals surface area contributed by atoms with Crippen LogP contribution in [-0.4, -0.2) is 20.2 Å². The molecule has 3 nitrogen and oxygen atoms in total. The van der Waals surface area contributed by atoms with Crippen molar-refractivity contribution in [3.63, 3.8) is 0 Å². The monoisotopic (exact) mass is 302 g/mol. The van der Waals surface area contributed by atoms with Gasteiger partial charge in [-0.25, -0.2) is 0 Å². The molecule has 1 heterocycles. The number of hydrogen-bond acceptors (Lipinski definition) is 3. The van der Waals surface area contributed by atoms with Crippen LogP contribution in [0.15, 0.2) is 42.5 Å². The largest absolute Gasteiger partial charge is 0.491 e. The van der Waals surface area contributed by atoms with E-state index in [4.69, 9.17) is 16.3 Å². The van der Waals surface area contributed by atoms with Crippen molar-refractivity contribution in [1.82, 2.24) is 5.32 Å². The topological polar surface area (TPSA) is 24.5 Å². The van der Waals surface area contributed by atoms with Crippen LogP contribution < -0.4 is 15.0 Å². The van der Waals surface area contributed by atoms with Crippen LogP contribution in [0.3, 0.4) is 0 Å². The van der Waals surface area contributed by atoms with Crippen molar-refractivity contribution in [2.45, 2.75) is 13.0 Å². The molecule has 1 N–H and O–H groups in total. The number of halogens is 1. The third kappa shape index (κ3) is 2.99. The predicted octanol–water partition coefficient (Wildman–Crippen LogP) is 3.98. The maximum absolute atomic E-state index is 6.23. The van der Waals surface area contributed by atoms with Gasteiger partial charge >= 0.3 is 0 Å². The summed E-state index contributed by atoms with van der Waals surface area (Å²) in [5.74, 6) is 0.936. The fourth-order valence-corrected chi connectivity index (χ4v) is 2.87.